The van der Waals surface area contributed by atoms with E-state index >= 15 is 0 Å². The van der Waals surface area contributed by atoms with Crippen molar-refractivity contribution in [3.8, 4) is 0 Å². The predicted molar refractivity (Wildman–Crippen MR) is 119 cm³/mol. The van der Waals surface area contributed by atoms with Crippen LogP contribution in [0.1, 0.15) is 62.9 Å². The average molecular weight is 416 g/mol. The molecule has 0 spiro atoms. The van der Waals surface area contributed by atoms with Crippen LogP contribution in [0.4, 0.5) is 0 Å². The first kappa shape index (κ1) is 23.9. The number of rotatable bonds is 8. The van der Waals surface area contributed by atoms with Crippen LogP contribution < -0.4 is 10.6 Å². The van der Waals surface area contributed by atoms with E-state index in [4.69, 9.17) is 0 Å². The van der Waals surface area contributed by atoms with Gasteiger partial charge in [-0.25, -0.2) is 0 Å². The molecule has 166 valence electrons. The van der Waals surface area contributed by atoms with Gasteiger partial charge in [0.25, 0.3) is 5.91 Å². The molecule has 2 N–H and O–H groups in total. The Balaban J connectivity index is 2.01. The molecule has 1 fully saturated rings. The van der Waals surface area contributed by atoms with Crippen LogP contribution in [0.2, 0.25) is 0 Å². The van der Waals surface area contributed by atoms with Gasteiger partial charge < -0.3 is 15.5 Å². The molecular formula is C24H37N3O3. The van der Waals surface area contributed by atoms with Crippen molar-refractivity contribution in [3.63, 3.8) is 0 Å². The minimum atomic E-state index is -0.549. The fourth-order valence-electron chi connectivity index (χ4n) is 3.73. The molecule has 0 unspecified atom stereocenters. The summed E-state index contributed by atoms with van der Waals surface area (Å²) in [6.45, 7) is 11.8. The number of carbonyl (C=O) groups excluding carboxylic acids is 3. The summed E-state index contributed by atoms with van der Waals surface area (Å²) in [6, 6.07) is 7.06. The topological polar surface area (TPSA) is 78.5 Å². The fourth-order valence-corrected chi connectivity index (χ4v) is 3.73. The number of hydrogen-bond acceptors (Lipinski definition) is 3. The van der Waals surface area contributed by atoms with Crippen molar-refractivity contribution >= 4 is 17.7 Å². The second-order valence-corrected chi connectivity index (χ2v) is 9.28. The van der Waals surface area contributed by atoms with Gasteiger partial charge in [0.1, 0.15) is 6.04 Å². The number of nitrogens with zero attached hydrogens (tertiary/aromatic N) is 1. The lowest BCUT2D eigenvalue weighted by atomic mass is 9.88. The zero-order chi connectivity index (χ0) is 22.3. The van der Waals surface area contributed by atoms with Gasteiger partial charge in [0.2, 0.25) is 11.8 Å². The number of amides is 3. The van der Waals surface area contributed by atoms with Crippen molar-refractivity contribution in [2.75, 3.05) is 19.6 Å². The zero-order valence-corrected chi connectivity index (χ0v) is 19.0. The highest BCUT2D eigenvalue weighted by Crippen LogP contribution is 2.23. The van der Waals surface area contributed by atoms with Gasteiger partial charge in [-0.2, -0.15) is 0 Å². The first-order valence-electron chi connectivity index (χ1n) is 11.1. The number of aryl methyl sites for hydroxylation is 1. The monoisotopic (exact) mass is 415 g/mol. The molecule has 1 aromatic carbocycles. The van der Waals surface area contributed by atoms with Crippen LogP contribution >= 0.6 is 0 Å². The van der Waals surface area contributed by atoms with Gasteiger partial charge in [0.05, 0.1) is 0 Å². The Morgan fingerprint density at radius 3 is 2.13 bits per heavy atom. The van der Waals surface area contributed by atoms with E-state index < -0.39 is 6.04 Å². The Morgan fingerprint density at radius 2 is 1.60 bits per heavy atom. The summed E-state index contributed by atoms with van der Waals surface area (Å²) in [6.07, 6.45) is 1.79. The van der Waals surface area contributed by atoms with E-state index in [0.717, 1.165) is 5.56 Å². The molecule has 6 nitrogen and oxygen atoms in total. The maximum atomic E-state index is 12.8. The molecule has 0 radical (unpaired) electrons. The number of likely N-dealkylation sites (tertiary alicyclic amines) is 1. The molecule has 1 aromatic rings. The van der Waals surface area contributed by atoms with E-state index in [1.807, 2.05) is 63.8 Å². The molecule has 1 aliphatic heterocycles. The van der Waals surface area contributed by atoms with Crippen molar-refractivity contribution in [1.82, 2.24) is 15.5 Å². The summed E-state index contributed by atoms with van der Waals surface area (Å²) in [5, 5.41) is 5.94. The van der Waals surface area contributed by atoms with Crippen LogP contribution in [0.5, 0.6) is 0 Å². The van der Waals surface area contributed by atoms with Gasteiger partial charge in [-0.05, 0) is 49.7 Å². The summed E-state index contributed by atoms with van der Waals surface area (Å²) in [5.74, 6) is 0.415. The minimum absolute atomic E-state index is 0.0235. The van der Waals surface area contributed by atoms with Crippen molar-refractivity contribution in [3.05, 3.63) is 35.4 Å². The number of carbonyl (C=O) groups is 3. The molecule has 0 bridgehead atoms. The molecule has 1 saturated heterocycles. The quantitative estimate of drug-likeness (QED) is 0.685. The average Bonchev–Trinajstić information content (AvgIpc) is 2.70. The van der Waals surface area contributed by atoms with Crippen molar-refractivity contribution in [2.24, 2.45) is 17.8 Å². The number of benzene rings is 1. The lowest BCUT2D eigenvalue weighted by Crippen LogP contribution is -2.54. The van der Waals surface area contributed by atoms with Crippen LogP contribution in [-0.2, 0) is 9.59 Å². The van der Waals surface area contributed by atoms with Crippen LogP contribution in [0, 0.1) is 24.7 Å². The third kappa shape index (κ3) is 7.15. The third-order valence-corrected chi connectivity index (χ3v) is 5.47. The second kappa shape index (κ2) is 11.1. The number of nitrogens with one attached hydrogen (secondary N) is 2. The van der Waals surface area contributed by atoms with E-state index in [9.17, 15) is 14.4 Å². The second-order valence-electron chi connectivity index (χ2n) is 9.28. The number of hydrogen-bond donors (Lipinski definition) is 2. The van der Waals surface area contributed by atoms with Gasteiger partial charge in [0, 0.05) is 31.6 Å². The highest BCUT2D eigenvalue weighted by molar-refractivity contribution is 5.94. The molecular weight excluding hydrogens is 378 g/mol. The number of piperidine rings is 1. The molecule has 30 heavy (non-hydrogen) atoms. The Labute approximate surface area is 180 Å². The highest BCUT2D eigenvalue weighted by atomic mass is 16.2. The van der Waals surface area contributed by atoms with Crippen LogP contribution in [0.25, 0.3) is 0 Å². The predicted octanol–water partition coefficient (Wildman–Crippen LogP) is 3.15. The maximum Gasteiger partial charge on any atom is 0.253 e. The highest BCUT2D eigenvalue weighted by Gasteiger charge is 2.34. The zero-order valence-electron chi connectivity index (χ0n) is 19.0. The Kier molecular flexibility index (Phi) is 8.88. The third-order valence-electron chi connectivity index (χ3n) is 5.47. The van der Waals surface area contributed by atoms with Gasteiger partial charge >= 0.3 is 0 Å². The molecule has 0 aliphatic carbocycles. The van der Waals surface area contributed by atoms with E-state index in [1.165, 1.54) is 0 Å². The first-order valence-corrected chi connectivity index (χ1v) is 11.1. The Hall–Kier alpha value is -2.37. The summed E-state index contributed by atoms with van der Waals surface area (Å²) < 4.78 is 0. The largest absolute Gasteiger partial charge is 0.354 e. The van der Waals surface area contributed by atoms with Crippen LogP contribution in [0.3, 0.4) is 0 Å². The summed E-state index contributed by atoms with van der Waals surface area (Å²) >= 11 is 0. The lowest BCUT2D eigenvalue weighted by Gasteiger charge is -2.36. The van der Waals surface area contributed by atoms with Crippen molar-refractivity contribution in [2.45, 2.75) is 59.9 Å². The smallest absolute Gasteiger partial charge is 0.253 e. The van der Waals surface area contributed by atoms with Gasteiger partial charge in [-0.1, -0.05) is 45.4 Å². The van der Waals surface area contributed by atoms with Crippen molar-refractivity contribution in [1.29, 1.82) is 0 Å². The summed E-state index contributed by atoms with van der Waals surface area (Å²) in [7, 11) is 0. The molecule has 1 atom stereocenters. The lowest BCUT2D eigenvalue weighted by molar-refractivity contribution is -0.131. The van der Waals surface area contributed by atoms with Crippen molar-refractivity contribution < 1.29 is 14.4 Å². The minimum Gasteiger partial charge on any atom is -0.354 e. The van der Waals surface area contributed by atoms with Gasteiger partial charge in [-0.15, -0.1) is 0 Å². The molecule has 0 aromatic heterocycles. The molecule has 1 aliphatic rings. The van der Waals surface area contributed by atoms with Crippen LogP contribution in [0.15, 0.2) is 24.3 Å². The Bertz CT molecular complexity index is 720. The standard InChI is InChI=1S/C24H37N3O3/c1-16(2)14-21(28)26-22(23(29)25-15-17(3)4)19-10-12-27(13-11-19)24(30)20-8-6-18(5)7-9-20/h6-9,16-17,19,22H,10-15H2,1-5H3,(H,25,29)(H,26,28)/t22-/m1/s1. The summed E-state index contributed by atoms with van der Waals surface area (Å²) in [5.41, 5.74) is 1.81. The van der Waals surface area contributed by atoms with E-state index in [2.05, 4.69) is 10.6 Å². The Morgan fingerprint density at radius 1 is 1.00 bits per heavy atom. The van der Waals surface area contributed by atoms with E-state index in [-0.39, 0.29) is 29.6 Å². The maximum absolute atomic E-state index is 12.8. The molecule has 2 rings (SSSR count). The van der Waals surface area contributed by atoms with E-state index in [1.54, 1.807) is 0 Å². The summed E-state index contributed by atoms with van der Waals surface area (Å²) in [4.78, 5) is 39.8. The van der Waals surface area contributed by atoms with Crippen LogP contribution in [-0.4, -0.2) is 48.3 Å². The van der Waals surface area contributed by atoms with E-state index in [0.29, 0.717) is 50.4 Å². The normalized spacial score (nSPS) is 15.9. The van der Waals surface area contributed by atoms with Gasteiger partial charge in [0.15, 0.2) is 0 Å². The molecule has 3 amide bonds. The fraction of sp³-hybridized carbons (Fsp3) is 0.625. The molecule has 1 heterocycles. The SMILES string of the molecule is Cc1ccc(C(=O)N2CCC([C@@H](NC(=O)CC(C)C)C(=O)NCC(C)C)CC2)cc1. The molecule has 6 heteroatoms. The first-order chi connectivity index (χ1) is 14.2. The molecule has 0 saturated carbocycles. The van der Waals surface area contributed by atoms with Gasteiger partial charge in [-0.3, -0.25) is 14.4 Å².